The number of nitrogens with one attached hydrogen (secondary N) is 1. The fraction of sp³-hybridized carbons (Fsp3) is 0.545. The van der Waals surface area contributed by atoms with Crippen LogP contribution in [-0.4, -0.2) is 24.0 Å². The minimum Gasteiger partial charge on any atom is -0.348 e. The van der Waals surface area contributed by atoms with E-state index < -0.39 is 0 Å². The van der Waals surface area contributed by atoms with Crippen molar-refractivity contribution in [1.82, 2.24) is 4.98 Å². The fourth-order valence-electron chi connectivity index (χ4n) is 4.24. The first-order valence-electron chi connectivity index (χ1n) is 10.4. The fourth-order valence-corrected chi connectivity index (χ4v) is 5.13. The summed E-state index contributed by atoms with van der Waals surface area (Å²) in [6, 6.07) is 8.09. The molecule has 27 heavy (non-hydrogen) atoms. The average Bonchev–Trinajstić information content (AvgIpc) is 3.39. The van der Waals surface area contributed by atoms with E-state index in [1.54, 1.807) is 11.3 Å². The van der Waals surface area contributed by atoms with Crippen LogP contribution in [0, 0.1) is 5.92 Å². The molecule has 144 valence electrons. The maximum Gasteiger partial charge on any atom is 0.224 e. The van der Waals surface area contributed by atoms with Crippen LogP contribution in [0.25, 0.3) is 11.3 Å². The lowest BCUT2D eigenvalue weighted by atomic mass is 10.0. The Morgan fingerprint density at radius 2 is 1.96 bits per heavy atom. The van der Waals surface area contributed by atoms with Gasteiger partial charge in [0.1, 0.15) is 0 Å². The zero-order valence-electron chi connectivity index (χ0n) is 16.0. The molecule has 2 aromatic rings. The number of thiazole rings is 1. The zero-order chi connectivity index (χ0) is 18.5. The Morgan fingerprint density at radius 1 is 1.15 bits per heavy atom. The maximum atomic E-state index is 12.3. The van der Waals surface area contributed by atoms with Gasteiger partial charge in [0, 0.05) is 36.1 Å². The van der Waals surface area contributed by atoms with E-state index in [0.29, 0.717) is 6.42 Å². The van der Waals surface area contributed by atoms with Gasteiger partial charge in [-0.25, -0.2) is 4.98 Å². The minimum absolute atomic E-state index is 0.131. The van der Waals surface area contributed by atoms with Crippen LogP contribution >= 0.6 is 11.3 Å². The number of hydrogen-bond acceptors (Lipinski definition) is 4. The molecule has 1 aromatic heterocycles. The molecule has 2 aliphatic rings. The molecular formula is C22H29N3OS. The summed E-state index contributed by atoms with van der Waals surface area (Å²) < 4.78 is 0. The minimum atomic E-state index is 0.131. The van der Waals surface area contributed by atoms with Gasteiger partial charge >= 0.3 is 0 Å². The largest absolute Gasteiger partial charge is 0.348 e. The first-order valence-corrected chi connectivity index (χ1v) is 11.3. The molecule has 2 heterocycles. The highest BCUT2D eigenvalue weighted by Gasteiger charge is 2.17. The van der Waals surface area contributed by atoms with Crippen molar-refractivity contribution < 1.29 is 4.79 Å². The molecule has 5 heteroatoms. The molecule has 1 aromatic carbocycles. The number of benzene rings is 1. The first kappa shape index (κ1) is 18.5. The van der Waals surface area contributed by atoms with Crippen LogP contribution < -0.4 is 10.2 Å². The van der Waals surface area contributed by atoms with E-state index in [0.717, 1.165) is 47.5 Å². The van der Waals surface area contributed by atoms with Crippen LogP contribution in [0.2, 0.25) is 0 Å². The van der Waals surface area contributed by atoms with Gasteiger partial charge in [-0.05, 0) is 43.7 Å². The molecule has 0 radical (unpaired) electrons. The second kappa shape index (κ2) is 8.87. The summed E-state index contributed by atoms with van der Waals surface area (Å²) in [5.74, 6) is 0.886. The summed E-state index contributed by atoms with van der Waals surface area (Å²) in [6.07, 6.45) is 10.8. The third-order valence-corrected chi connectivity index (χ3v) is 6.72. The van der Waals surface area contributed by atoms with Gasteiger partial charge in [0.25, 0.3) is 0 Å². The highest BCUT2D eigenvalue weighted by atomic mass is 32.1. The molecule has 4 nitrogen and oxygen atoms in total. The Kier molecular flexibility index (Phi) is 6.07. The monoisotopic (exact) mass is 383 g/mol. The predicted molar refractivity (Wildman–Crippen MR) is 113 cm³/mol. The second-order valence-corrected chi connectivity index (χ2v) is 8.72. The summed E-state index contributed by atoms with van der Waals surface area (Å²) >= 11 is 1.72. The number of carbonyl (C=O) groups is 1. The van der Waals surface area contributed by atoms with E-state index in [-0.39, 0.29) is 5.91 Å². The van der Waals surface area contributed by atoms with E-state index in [1.165, 1.54) is 44.9 Å². The zero-order valence-corrected chi connectivity index (χ0v) is 16.8. The van der Waals surface area contributed by atoms with Crippen LogP contribution in [0.5, 0.6) is 0 Å². The molecule has 0 bridgehead atoms. The Bertz CT molecular complexity index is 760. The first-order chi connectivity index (χ1) is 13.3. The summed E-state index contributed by atoms with van der Waals surface area (Å²) in [5.41, 5.74) is 2.95. The molecule has 1 N–H and O–H groups in total. The van der Waals surface area contributed by atoms with Crippen molar-refractivity contribution in [2.24, 2.45) is 5.92 Å². The maximum absolute atomic E-state index is 12.3. The SMILES string of the molecule is O=C(CCC1CCCC1)Nc1cccc(-c2csc(N3CCCCC3)n2)c1. The molecule has 1 aliphatic heterocycles. The molecule has 1 saturated carbocycles. The third-order valence-electron chi connectivity index (χ3n) is 5.82. The van der Waals surface area contributed by atoms with E-state index in [9.17, 15) is 4.79 Å². The van der Waals surface area contributed by atoms with E-state index in [1.807, 2.05) is 18.2 Å². The lowest BCUT2D eigenvalue weighted by Crippen LogP contribution is -2.29. The van der Waals surface area contributed by atoms with Crippen molar-refractivity contribution in [3.05, 3.63) is 29.6 Å². The second-order valence-electron chi connectivity index (χ2n) is 7.88. The van der Waals surface area contributed by atoms with Gasteiger partial charge in [-0.15, -0.1) is 11.3 Å². The topological polar surface area (TPSA) is 45.2 Å². The Hall–Kier alpha value is -1.88. The number of rotatable bonds is 6. The number of aromatic nitrogens is 1. The predicted octanol–water partition coefficient (Wildman–Crippen LogP) is 5.71. The highest BCUT2D eigenvalue weighted by Crippen LogP contribution is 2.31. The Morgan fingerprint density at radius 3 is 2.78 bits per heavy atom. The van der Waals surface area contributed by atoms with Gasteiger partial charge < -0.3 is 10.2 Å². The van der Waals surface area contributed by atoms with Crippen molar-refractivity contribution in [2.75, 3.05) is 23.3 Å². The van der Waals surface area contributed by atoms with Gasteiger partial charge in [0.15, 0.2) is 5.13 Å². The molecule has 1 saturated heterocycles. The third kappa shape index (κ3) is 4.89. The van der Waals surface area contributed by atoms with Gasteiger partial charge in [-0.1, -0.05) is 37.8 Å². The molecule has 0 atom stereocenters. The Balaban J connectivity index is 1.37. The summed E-state index contributed by atoms with van der Waals surface area (Å²) in [7, 11) is 0. The quantitative estimate of drug-likeness (QED) is 0.695. The number of nitrogens with zero attached hydrogens (tertiary/aromatic N) is 2. The number of hydrogen-bond donors (Lipinski definition) is 1. The van der Waals surface area contributed by atoms with Gasteiger partial charge in [0.05, 0.1) is 5.69 Å². The molecule has 2 fully saturated rings. The van der Waals surface area contributed by atoms with Crippen molar-refractivity contribution in [2.45, 2.75) is 57.8 Å². The number of amides is 1. The number of piperidine rings is 1. The number of carbonyl (C=O) groups excluding carboxylic acids is 1. The molecular weight excluding hydrogens is 354 g/mol. The van der Waals surface area contributed by atoms with E-state index in [4.69, 9.17) is 4.98 Å². The van der Waals surface area contributed by atoms with Crippen LogP contribution in [0.4, 0.5) is 10.8 Å². The van der Waals surface area contributed by atoms with Crippen LogP contribution in [0.3, 0.4) is 0 Å². The van der Waals surface area contributed by atoms with Crippen molar-refractivity contribution >= 4 is 28.1 Å². The lowest BCUT2D eigenvalue weighted by molar-refractivity contribution is -0.116. The summed E-state index contributed by atoms with van der Waals surface area (Å²) in [5, 5.41) is 6.32. The van der Waals surface area contributed by atoms with Crippen molar-refractivity contribution in [3.8, 4) is 11.3 Å². The van der Waals surface area contributed by atoms with Gasteiger partial charge in [0.2, 0.25) is 5.91 Å². The van der Waals surface area contributed by atoms with E-state index >= 15 is 0 Å². The molecule has 0 spiro atoms. The molecule has 1 amide bonds. The van der Waals surface area contributed by atoms with Crippen LogP contribution in [-0.2, 0) is 4.79 Å². The summed E-state index contributed by atoms with van der Waals surface area (Å²) in [6.45, 7) is 2.23. The standard InChI is InChI=1S/C22H29N3OS/c26-21(12-11-17-7-2-3-8-17)23-19-10-6-9-18(15-19)20-16-27-22(24-20)25-13-4-1-5-14-25/h6,9-10,15-17H,1-5,7-8,11-14H2,(H,23,26). The number of anilines is 2. The highest BCUT2D eigenvalue weighted by molar-refractivity contribution is 7.14. The van der Waals surface area contributed by atoms with Crippen LogP contribution in [0.15, 0.2) is 29.6 Å². The lowest BCUT2D eigenvalue weighted by Gasteiger charge is -2.25. The Labute approximate surface area is 166 Å². The van der Waals surface area contributed by atoms with E-state index in [2.05, 4.69) is 21.7 Å². The molecule has 1 aliphatic carbocycles. The van der Waals surface area contributed by atoms with Gasteiger partial charge in [-0.3, -0.25) is 4.79 Å². The van der Waals surface area contributed by atoms with Crippen molar-refractivity contribution in [1.29, 1.82) is 0 Å². The van der Waals surface area contributed by atoms with Crippen molar-refractivity contribution in [3.63, 3.8) is 0 Å². The van der Waals surface area contributed by atoms with Gasteiger partial charge in [-0.2, -0.15) is 0 Å². The molecule has 0 unspecified atom stereocenters. The van der Waals surface area contributed by atoms with Crippen LogP contribution in [0.1, 0.15) is 57.8 Å². The summed E-state index contributed by atoms with van der Waals surface area (Å²) in [4.78, 5) is 19.5. The average molecular weight is 384 g/mol. The smallest absolute Gasteiger partial charge is 0.224 e. The molecule has 4 rings (SSSR count). The normalized spacial score (nSPS) is 18.0.